The molecule has 0 spiro atoms. The highest BCUT2D eigenvalue weighted by Crippen LogP contribution is 2.29. The number of hydrogen-bond donors (Lipinski definition) is 1. The number of aromatic nitrogens is 2. The predicted molar refractivity (Wildman–Crippen MR) is 66.6 cm³/mol. The second-order valence-corrected chi connectivity index (χ2v) is 4.37. The largest absolute Gasteiger partial charge is 0.375 e. The fourth-order valence-corrected chi connectivity index (χ4v) is 2.32. The molecule has 1 aliphatic heterocycles. The minimum absolute atomic E-state index is 0.000571. The summed E-state index contributed by atoms with van der Waals surface area (Å²) in [5, 5.41) is 0. The summed E-state index contributed by atoms with van der Waals surface area (Å²) in [6.45, 7) is 0.855. The zero-order valence-corrected chi connectivity index (χ0v) is 10.5. The third-order valence-corrected chi connectivity index (χ3v) is 3.13. The van der Waals surface area contributed by atoms with Gasteiger partial charge in [-0.05, 0) is 25.3 Å². The van der Waals surface area contributed by atoms with Crippen molar-refractivity contribution in [1.29, 1.82) is 0 Å². The van der Waals surface area contributed by atoms with Gasteiger partial charge in [0.05, 0.1) is 11.7 Å². The van der Waals surface area contributed by atoms with Gasteiger partial charge in [0.15, 0.2) is 0 Å². The maximum absolute atomic E-state index is 12.0. The fraction of sp³-hybridized carbons (Fsp3) is 0.583. The van der Waals surface area contributed by atoms with Crippen LogP contribution < -0.4 is 5.73 Å². The third kappa shape index (κ3) is 2.76. The zero-order valence-electron chi connectivity index (χ0n) is 10.5. The Hall–Kier alpha value is -1.69. The molecule has 0 radical (unpaired) electrons. The molecule has 1 fully saturated rings. The van der Waals surface area contributed by atoms with Gasteiger partial charge in [0.25, 0.3) is 0 Å². The van der Waals surface area contributed by atoms with E-state index in [-0.39, 0.29) is 24.5 Å². The summed E-state index contributed by atoms with van der Waals surface area (Å²) < 4.78 is 4.92. The average Bonchev–Trinajstić information content (AvgIpc) is 2.39. The van der Waals surface area contributed by atoms with E-state index in [0.717, 1.165) is 31.5 Å². The molecule has 1 amide bonds. The molecule has 6 nitrogen and oxygen atoms in total. The van der Waals surface area contributed by atoms with Crippen LogP contribution in [0.2, 0.25) is 0 Å². The molecule has 98 valence electrons. The van der Waals surface area contributed by atoms with Crippen molar-refractivity contribution in [2.45, 2.75) is 25.3 Å². The fourth-order valence-electron chi connectivity index (χ4n) is 2.32. The normalized spacial score (nSPS) is 19.8. The standard InChI is InChI=1S/C12H18N4O2/c1-18-8-11(17)16-7-3-2-4-10(16)9-5-6-14-12(13)15-9/h5-6,10H,2-4,7-8H2,1H3,(H2,13,14,15). The predicted octanol–water partition coefficient (Wildman–Crippen LogP) is 0.759. The quantitative estimate of drug-likeness (QED) is 0.856. The number of nitrogen functional groups attached to an aromatic ring is 1. The Labute approximate surface area is 106 Å². The molecule has 18 heavy (non-hydrogen) atoms. The summed E-state index contributed by atoms with van der Waals surface area (Å²) in [6, 6.07) is 1.81. The van der Waals surface area contributed by atoms with Crippen LogP contribution in [-0.2, 0) is 9.53 Å². The number of nitrogens with two attached hydrogens (primary N) is 1. The van der Waals surface area contributed by atoms with E-state index in [1.165, 1.54) is 7.11 Å². The molecule has 2 heterocycles. The highest BCUT2D eigenvalue weighted by molar-refractivity contribution is 5.78. The Morgan fingerprint density at radius 3 is 3.17 bits per heavy atom. The van der Waals surface area contributed by atoms with Gasteiger partial charge in [-0.2, -0.15) is 0 Å². The number of ether oxygens (including phenoxy) is 1. The maximum Gasteiger partial charge on any atom is 0.249 e. The number of nitrogens with zero attached hydrogens (tertiary/aromatic N) is 3. The van der Waals surface area contributed by atoms with Crippen molar-refractivity contribution in [1.82, 2.24) is 14.9 Å². The summed E-state index contributed by atoms with van der Waals surface area (Å²) >= 11 is 0. The first-order chi connectivity index (χ1) is 8.72. The van der Waals surface area contributed by atoms with E-state index >= 15 is 0 Å². The number of hydrogen-bond acceptors (Lipinski definition) is 5. The lowest BCUT2D eigenvalue weighted by atomic mass is 9.99. The molecule has 1 aromatic rings. The Morgan fingerprint density at radius 1 is 1.61 bits per heavy atom. The summed E-state index contributed by atoms with van der Waals surface area (Å²) in [6.07, 6.45) is 4.65. The van der Waals surface area contributed by atoms with Gasteiger partial charge in [-0.3, -0.25) is 4.79 Å². The molecule has 0 aliphatic carbocycles. The second kappa shape index (κ2) is 5.77. The molecular formula is C12H18N4O2. The Kier molecular flexibility index (Phi) is 4.09. The van der Waals surface area contributed by atoms with E-state index in [4.69, 9.17) is 10.5 Å². The molecule has 1 aromatic heterocycles. The van der Waals surface area contributed by atoms with E-state index in [0.29, 0.717) is 0 Å². The van der Waals surface area contributed by atoms with Crippen LogP contribution >= 0.6 is 0 Å². The summed E-state index contributed by atoms with van der Waals surface area (Å²) in [7, 11) is 1.53. The van der Waals surface area contributed by atoms with Gasteiger partial charge < -0.3 is 15.4 Å². The number of methoxy groups -OCH3 is 1. The van der Waals surface area contributed by atoms with Crippen molar-refractivity contribution in [3.8, 4) is 0 Å². The van der Waals surface area contributed by atoms with Gasteiger partial charge >= 0.3 is 0 Å². The molecule has 0 bridgehead atoms. The molecule has 6 heteroatoms. The first-order valence-electron chi connectivity index (χ1n) is 6.09. The molecule has 1 saturated heterocycles. The minimum Gasteiger partial charge on any atom is -0.375 e. The molecule has 0 saturated carbocycles. The van der Waals surface area contributed by atoms with Gasteiger partial charge in [-0.25, -0.2) is 9.97 Å². The molecular weight excluding hydrogens is 232 g/mol. The number of piperidine rings is 1. The monoisotopic (exact) mass is 250 g/mol. The average molecular weight is 250 g/mol. The number of amides is 1. The van der Waals surface area contributed by atoms with Crippen molar-refractivity contribution < 1.29 is 9.53 Å². The van der Waals surface area contributed by atoms with Crippen molar-refractivity contribution in [2.24, 2.45) is 0 Å². The topological polar surface area (TPSA) is 81.3 Å². The SMILES string of the molecule is COCC(=O)N1CCCCC1c1ccnc(N)n1. The van der Waals surface area contributed by atoms with E-state index in [1.54, 1.807) is 6.20 Å². The van der Waals surface area contributed by atoms with Crippen LogP contribution in [0.15, 0.2) is 12.3 Å². The zero-order chi connectivity index (χ0) is 13.0. The van der Waals surface area contributed by atoms with Crippen LogP contribution in [0.1, 0.15) is 31.0 Å². The lowest BCUT2D eigenvalue weighted by molar-refractivity contribution is -0.139. The van der Waals surface area contributed by atoms with E-state index < -0.39 is 0 Å². The Bertz CT molecular complexity index is 424. The molecule has 2 N–H and O–H groups in total. The maximum atomic E-state index is 12.0. The van der Waals surface area contributed by atoms with E-state index in [2.05, 4.69) is 9.97 Å². The molecule has 1 unspecified atom stereocenters. The number of carbonyl (C=O) groups is 1. The first-order valence-corrected chi connectivity index (χ1v) is 6.09. The Balaban J connectivity index is 2.20. The molecule has 2 rings (SSSR count). The lowest BCUT2D eigenvalue weighted by Gasteiger charge is -2.35. The first kappa shape index (κ1) is 12.8. The minimum atomic E-state index is -0.00769. The van der Waals surface area contributed by atoms with Crippen LogP contribution in [0.5, 0.6) is 0 Å². The lowest BCUT2D eigenvalue weighted by Crippen LogP contribution is -2.40. The van der Waals surface area contributed by atoms with E-state index in [9.17, 15) is 4.79 Å². The van der Waals surface area contributed by atoms with Gasteiger partial charge in [0.1, 0.15) is 6.61 Å². The summed E-state index contributed by atoms with van der Waals surface area (Å²) in [5.74, 6) is 0.247. The molecule has 1 aliphatic rings. The summed E-state index contributed by atoms with van der Waals surface area (Å²) in [4.78, 5) is 21.9. The second-order valence-electron chi connectivity index (χ2n) is 4.37. The number of carbonyl (C=O) groups excluding carboxylic acids is 1. The van der Waals surface area contributed by atoms with Gasteiger partial charge in [-0.15, -0.1) is 0 Å². The van der Waals surface area contributed by atoms with Crippen LogP contribution in [0.3, 0.4) is 0 Å². The number of anilines is 1. The number of likely N-dealkylation sites (tertiary alicyclic amines) is 1. The highest BCUT2D eigenvalue weighted by Gasteiger charge is 2.28. The van der Waals surface area contributed by atoms with E-state index in [1.807, 2.05) is 11.0 Å². The third-order valence-electron chi connectivity index (χ3n) is 3.13. The molecule has 0 aromatic carbocycles. The van der Waals surface area contributed by atoms with Gasteiger partial charge in [0.2, 0.25) is 11.9 Å². The highest BCUT2D eigenvalue weighted by atomic mass is 16.5. The van der Waals surface area contributed by atoms with Crippen molar-refractivity contribution in [2.75, 3.05) is 26.0 Å². The van der Waals surface area contributed by atoms with Gasteiger partial charge in [-0.1, -0.05) is 0 Å². The van der Waals surface area contributed by atoms with Crippen molar-refractivity contribution in [3.63, 3.8) is 0 Å². The number of rotatable bonds is 3. The van der Waals surface area contributed by atoms with Crippen LogP contribution in [-0.4, -0.2) is 41.0 Å². The van der Waals surface area contributed by atoms with Crippen LogP contribution in [0, 0.1) is 0 Å². The van der Waals surface area contributed by atoms with Crippen molar-refractivity contribution in [3.05, 3.63) is 18.0 Å². The van der Waals surface area contributed by atoms with Gasteiger partial charge in [0, 0.05) is 19.9 Å². The summed E-state index contributed by atoms with van der Waals surface area (Å²) in [5.41, 5.74) is 6.41. The van der Waals surface area contributed by atoms with Crippen LogP contribution in [0.4, 0.5) is 5.95 Å². The Morgan fingerprint density at radius 2 is 2.44 bits per heavy atom. The molecule has 1 atom stereocenters. The van der Waals surface area contributed by atoms with Crippen LogP contribution in [0.25, 0.3) is 0 Å². The smallest absolute Gasteiger partial charge is 0.249 e. The van der Waals surface area contributed by atoms with Crippen molar-refractivity contribution >= 4 is 11.9 Å².